The first-order valence-corrected chi connectivity index (χ1v) is 7.72. The maximum absolute atomic E-state index is 12.5. The minimum atomic E-state index is -4.44. The molecule has 0 aliphatic carbocycles. The molecule has 0 aliphatic heterocycles. The molecule has 25 heavy (non-hydrogen) atoms. The molecule has 9 heteroatoms. The molecule has 3 rings (SSSR count). The van der Waals surface area contributed by atoms with E-state index >= 15 is 0 Å². The number of nitro groups is 1. The Morgan fingerprint density at radius 1 is 1.08 bits per heavy atom. The number of non-ortho nitro benzene ring substituents is 1. The van der Waals surface area contributed by atoms with E-state index in [-0.39, 0.29) is 11.4 Å². The van der Waals surface area contributed by atoms with Gasteiger partial charge in [-0.2, -0.15) is 13.2 Å². The summed E-state index contributed by atoms with van der Waals surface area (Å²) >= 11 is 1.14. The van der Waals surface area contributed by atoms with E-state index in [0.717, 1.165) is 23.5 Å². The van der Waals surface area contributed by atoms with Crippen molar-refractivity contribution in [3.8, 4) is 0 Å². The fourth-order valence-electron chi connectivity index (χ4n) is 2.19. The number of hydrogen-bond donors (Lipinski definition) is 1. The van der Waals surface area contributed by atoms with Crippen LogP contribution >= 0.6 is 11.3 Å². The number of nitrogens with one attached hydrogen (secondary N) is 1. The molecule has 3 aromatic rings. The number of benzene rings is 2. The van der Waals surface area contributed by atoms with Crippen molar-refractivity contribution in [2.75, 3.05) is 5.32 Å². The van der Waals surface area contributed by atoms with Gasteiger partial charge in [0.15, 0.2) is 0 Å². The highest BCUT2D eigenvalue weighted by Gasteiger charge is 2.30. The molecule has 1 aromatic heterocycles. The number of anilines is 1. The molecule has 0 atom stereocenters. The summed E-state index contributed by atoms with van der Waals surface area (Å²) < 4.78 is 38.3. The maximum atomic E-state index is 12.5. The van der Waals surface area contributed by atoms with Crippen molar-refractivity contribution in [1.29, 1.82) is 0 Å². The van der Waals surface area contributed by atoms with Crippen molar-refractivity contribution < 1.29 is 22.9 Å². The second-order valence-electron chi connectivity index (χ2n) is 5.12. The zero-order valence-corrected chi connectivity index (χ0v) is 13.1. The molecule has 0 radical (unpaired) electrons. The standard InChI is InChI=1S/C16H9F3N2O3S/c17-16(18,19)10-1-3-11(4-2-10)20-15(22)14-8-9-7-12(21(23)24)5-6-13(9)25-14/h1-8H,(H,20,22). The van der Waals surface area contributed by atoms with Crippen LogP contribution in [0.5, 0.6) is 0 Å². The first kappa shape index (κ1) is 16.9. The number of carbonyl (C=O) groups is 1. The van der Waals surface area contributed by atoms with Crippen molar-refractivity contribution in [2.24, 2.45) is 0 Å². The Balaban J connectivity index is 1.81. The number of carbonyl (C=O) groups excluding carboxylic acids is 1. The third-order valence-electron chi connectivity index (χ3n) is 3.40. The number of hydrogen-bond acceptors (Lipinski definition) is 4. The number of nitro benzene ring substituents is 1. The molecule has 1 N–H and O–H groups in total. The smallest absolute Gasteiger partial charge is 0.321 e. The van der Waals surface area contributed by atoms with Crippen LogP contribution in [0, 0.1) is 10.1 Å². The summed E-state index contributed by atoms with van der Waals surface area (Å²) in [7, 11) is 0. The van der Waals surface area contributed by atoms with Crippen LogP contribution in [0.3, 0.4) is 0 Å². The van der Waals surface area contributed by atoms with Gasteiger partial charge in [-0.15, -0.1) is 11.3 Å². The number of amides is 1. The minimum absolute atomic E-state index is 0.0833. The van der Waals surface area contributed by atoms with E-state index < -0.39 is 22.6 Å². The van der Waals surface area contributed by atoms with Gasteiger partial charge >= 0.3 is 6.18 Å². The van der Waals surface area contributed by atoms with Crippen LogP contribution in [0.4, 0.5) is 24.5 Å². The second kappa shape index (κ2) is 6.17. The third kappa shape index (κ3) is 3.61. The molecule has 0 spiro atoms. The van der Waals surface area contributed by atoms with Gasteiger partial charge in [-0.1, -0.05) is 0 Å². The first-order valence-electron chi connectivity index (χ1n) is 6.90. The molecule has 0 saturated carbocycles. The highest BCUT2D eigenvalue weighted by molar-refractivity contribution is 7.20. The molecule has 1 heterocycles. The fourth-order valence-corrected chi connectivity index (χ4v) is 3.13. The SMILES string of the molecule is O=C(Nc1ccc(C(F)(F)F)cc1)c1cc2cc([N+](=O)[O-])ccc2s1. The average Bonchev–Trinajstić information content (AvgIpc) is 2.97. The molecular formula is C16H9F3N2O3S. The molecule has 0 bridgehead atoms. The van der Waals surface area contributed by atoms with Crippen LogP contribution in [-0.4, -0.2) is 10.8 Å². The summed E-state index contributed by atoms with van der Waals surface area (Å²) in [5, 5.41) is 13.8. The topological polar surface area (TPSA) is 72.2 Å². The van der Waals surface area contributed by atoms with Crippen molar-refractivity contribution in [2.45, 2.75) is 6.18 Å². The molecule has 128 valence electrons. The van der Waals surface area contributed by atoms with E-state index in [0.29, 0.717) is 15.0 Å². The van der Waals surface area contributed by atoms with Crippen LogP contribution in [0.1, 0.15) is 15.2 Å². The summed E-state index contributed by atoms with van der Waals surface area (Å²) in [6, 6.07) is 9.85. The molecule has 1 amide bonds. The predicted octanol–water partition coefficient (Wildman–Crippen LogP) is 5.08. The van der Waals surface area contributed by atoms with E-state index in [1.165, 1.54) is 30.3 Å². The summed E-state index contributed by atoms with van der Waals surface area (Å²) in [5.74, 6) is -0.497. The zero-order chi connectivity index (χ0) is 18.2. The van der Waals surface area contributed by atoms with Crippen LogP contribution in [0.25, 0.3) is 10.1 Å². The van der Waals surface area contributed by atoms with E-state index in [1.54, 1.807) is 6.07 Å². The lowest BCUT2D eigenvalue weighted by atomic mass is 10.2. The Kier molecular flexibility index (Phi) is 4.17. The van der Waals surface area contributed by atoms with E-state index in [4.69, 9.17) is 0 Å². The van der Waals surface area contributed by atoms with Crippen molar-refractivity contribution in [3.63, 3.8) is 0 Å². The highest BCUT2D eigenvalue weighted by Crippen LogP contribution is 2.31. The number of thiophene rings is 1. The maximum Gasteiger partial charge on any atom is 0.416 e. The van der Waals surface area contributed by atoms with Crippen molar-refractivity contribution in [3.05, 3.63) is 69.1 Å². The van der Waals surface area contributed by atoms with Gasteiger partial charge in [-0.05, 0) is 36.4 Å². The Hall–Kier alpha value is -2.94. The summed E-state index contributed by atoms with van der Waals surface area (Å²) in [4.78, 5) is 22.8. The van der Waals surface area contributed by atoms with Crippen LogP contribution in [0.15, 0.2) is 48.5 Å². The van der Waals surface area contributed by atoms with Gasteiger partial charge in [-0.3, -0.25) is 14.9 Å². The number of nitrogens with zero attached hydrogens (tertiary/aromatic N) is 1. The van der Waals surface area contributed by atoms with E-state index in [2.05, 4.69) is 5.32 Å². The Morgan fingerprint density at radius 2 is 1.76 bits per heavy atom. The summed E-state index contributed by atoms with van der Waals surface area (Å²) in [5.41, 5.74) is -0.666. The van der Waals surface area contributed by atoms with Crippen LogP contribution in [-0.2, 0) is 6.18 Å². The van der Waals surface area contributed by atoms with Gasteiger partial charge in [0.25, 0.3) is 11.6 Å². The van der Waals surface area contributed by atoms with Gasteiger partial charge in [0.1, 0.15) is 0 Å². The molecule has 0 unspecified atom stereocenters. The highest BCUT2D eigenvalue weighted by atomic mass is 32.1. The molecule has 5 nitrogen and oxygen atoms in total. The Bertz CT molecular complexity index is 965. The molecule has 0 aliphatic rings. The van der Waals surface area contributed by atoms with Crippen molar-refractivity contribution in [1.82, 2.24) is 0 Å². The largest absolute Gasteiger partial charge is 0.416 e. The molecule has 0 fully saturated rings. The Labute approximate surface area is 142 Å². The Morgan fingerprint density at radius 3 is 2.36 bits per heavy atom. The van der Waals surface area contributed by atoms with Gasteiger partial charge in [0, 0.05) is 27.9 Å². The quantitative estimate of drug-likeness (QED) is 0.519. The average molecular weight is 366 g/mol. The second-order valence-corrected chi connectivity index (χ2v) is 6.20. The lowest BCUT2D eigenvalue weighted by Gasteiger charge is -2.08. The lowest BCUT2D eigenvalue weighted by Crippen LogP contribution is -2.10. The lowest BCUT2D eigenvalue weighted by molar-refractivity contribution is -0.384. The molecule has 2 aromatic carbocycles. The van der Waals surface area contributed by atoms with Crippen LogP contribution < -0.4 is 5.32 Å². The van der Waals surface area contributed by atoms with Gasteiger partial charge in [0.05, 0.1) is 15.4 Å². The number of rotatable bonds is 3. The zero-order valence-electron chi connectivity index (χ0n) is 12.3. The first-order chi connectivity index (χ1) is 11.7. The van der Waals surface area contributed by atoms with Crippen LogP contribution in [0.2, 0.25) is 0 Å². The number of fused-ring (bicyclic) bond motifs is 1. The summed E-state index contributed by atoms with van der Waals surface area (Å²) in [6.07, 6.45) is -4.44. The van der Waals surface area contributed by atoms with Gasteiger partial charge < -0.3 is 5.32 Å². The van der Waals surface area contributed by atoms with E-state index in [9.17, 15) is 28.1 Å². The van der Waals surface area contributed by atoms with Gasteiger partial charge in [0.2, 0.25) is 0 Å². The monoisotopic (exact) mass is 366 g/mol. The predicted molar refractivity (Wildman–Crippen MR) is 87.9 cm³/mol. The number of halogens is 3. The van der Waals surface area contributed by atoms with Crippen molar-refractivity contribution >= 4 is 38.7 Å². The normalized spacial score (nSPS) is 11.5. The molecular weight excluding hydrogens is 357 g/mol. The minimum Gasteiger partial charge on any atom is -0.321 e. The third-order valence-corrected chi connectivity index (χ3v) is 4.52. The summed E-state index contributed by atoms with van der Waals surface area (Å²) in [6.45, 7) is 0. The fraction of sp³-hybridized carbons (Fsp3) is 0.0625. The van der Waals surface area contributed by atoms with Gasteiger partial charge in [-0.25, -0.2) is 0 Å². The number of alkyl halides is 3. The van der Waals surface area contributed by atoms with E-state index in [1.807, 2.05) is 0 Å². The molecule has 0 saturated heterocycles.